The summed E-state index contributed by atoms with van der Waals surface area (Å²) in [6.45, 7) is 1.68. The van der Waals surface area contributed by atoms with Crippen LogP contribution in [0.2, 0.25) is 0 Å². The van der Waals surface area contributed by atoms with Crippen molar-refractivity contribution in [2.24, 2.45) is 0 Å². The molecule has 5 heteroatoms. The lowest BCUT2D eigenvalue weighted by Gasteiger charge is -2.01. The van der Waals surface area contributed by atoms with Crippen LogP contribution in [0.5, 0.6) is 0 Å². The Bertz CT molecular complexity index is 281. The first-order chi connectivity index (χ1) is 6.90. The second kappa shape index (κ2) is 4.52. The largest absolute Gasteiger partial charge is 0.384 e. The van der Waals surface area contributed by atoms with E-state index in [1.165, 1.54) is 6.42 Å². The lowest BCUT2D eigenvalue weighted by molar-refractivity contribution is 0.199. The van der Waals surface area contributed by atoms with E-state index in [0.717, 1.165) is 18.8 Å². The minimum atomic E-state index is 0.263. The molecular weight excluding hydrogens is 182 g/mol. The van der Waals surface area contributed by atoms with Crippen molar-refractivity contribution in [2.75, 3.05) is 20.3 Å². The molecular formula is C9H15N3O2. The Labute approximate surface area is 82.8 Å². The average molecular weight is 197 g/mol. The molecule has 2 heterocycles. The molecule has 0 aromatic carbocycles. The van der Waals surface area contributed by atoms with Gasteiger partial charge in [0.15, 0.2) is 5.82 Å². The van der Waals surface area contributed by atoms with Crippen LogP contribution in [-0.4, -0.2) is 30.4 Å². The first kappa shape index (κ1) is 9.61. The Balaban J connectivity index is 1.94. The third kappa shape index (κ3) is 2.10. The Morgan fingerprint density at radius 2 is 2.57 bits per heavy atom. The van der Waals surface area contributed by atoms with Gasteiger partial charge in [0.05, 0.1) is 12.6 Å². The van der Waals surface area contributed by atoms with E-state index in [1.54, 1.807) is 7.11 Å². The van der Waals surface area contributed by atoms with E-state index in [0.29, 0.717) is 18.9 Å². The molecule has 2 rings (SSSR count). The van der Waals surface area contributed by atoms with Crippen LogP contribution in [-0.2, 0) is 11.2 Å². The van der Waals surface area contributed by atoms with Crippen LogP contribution in [0, 0.1) is 0 Å². The first-order valence-corrected chi connectivity index (χ1v) is 4.95. The number of hydrogen-bond donors (Lipinski definition) is 1. The fraction of sp³-hybridized carbons (Fsp3) is 0.778. The summed E-state index contributed by atoms with van der Waals surface area (Å²) in [5.41, 5.74) is 0. The maximum atomic E-state index is 5.17. The van der Waals surface area contributed by atoms with Crippen molar-refractivity contribution in [1.82, 2.24) is 15.5 Å². The van der Waals surface area contributed by atoms with Crippen molar-refractivity contribution in [1.29, 1.82) is 0 Å². The van der Waals surface area contributed by atoms with Crippen LogP contribution in [0.25, 0.3) is 0 Å². The third-order valence-corrected chi connectivity index (χ3v) is 2.37. The zero-order valence-electron chi connectivity index (χ0n) is 8.32. The summed E-state index contributed by atoms with van der Waals surface area (Å²) in [5.74, 6) is 1.45. The van der Waals surface area contributed by atoms with Gasteiger partial charge < -0.3 is 14.6 Å². The number of aromatic nitrogens is 2. The van der Waals surface area contributed by atoms with Crippen LogP contribution < -0.4 is 5.32 Å². The molecule has 0 radical (unpaired) electrons. The summed E-state index contributed by atoms with van der Waals surface area (Å²) in [6, 6.07) is 0.263. The molecule has 1 aromatic rings. The lowest BCUT2D eigenvalue weighted by atomic mass is 10.2. The van der Waals surface area contributed by atoms with Crippen molar-refractivity contribution >= 4 is 0 Å². The zero-order chi connectivity index (χ0) is 9.80. The summed E-state index contributed by atoms with van der Waals surface area (Å²) in [7, 11) is 1.67. The summed E-state index contributed by atoms with van der Waals surface area (Å²) in [5, 5.41) is 7.21. The van der Waals surface area contributed by atoms with E-state index in [4.69, 9.17) is 9.26 Å². The summed E-state index contributed by atoms with van der Waals surface area (Å²) in [4.78, 5) is 4.31. The van der Waals surface area contributed by atoms with Crippen molar-refractivity contribution in [3.8, 4) is 0 Å². The number of ether oxygens (including phenoxy) is 1. The third-order valence-electron chi connectivity index (χ3n) is 2.37. The summed E-state index contributed by atoms with van der Waals surface area (Å²) >= 11 is 0. The highest BCUT2D eigenvalue weighted by Gasteiger charge is 2.21. The molecule has 0 saturated carbocycles. The van der Waals surface area contributed by atoms with E-state index in [-0.39, 0.29) is 6.04 Å². The normalized spacial score (nSPS) is 21.6. The molecule has 1 N–H and O–H groups in total. The summed E-state index contributed by atoms with van der Waals surface area (Å²) < 4.78 is 10.1. The van der Waals surface area contributed by atoms with Gasteiger partial charge in [0.1, 0.15) is 0 Å². The fourth-order valence-electron chi connectivity index (χ4n) is 1.60. The van der Waals surface area contributed by atoms with Gasteiger partial charge in [0.25, 0.3) is 0 Å². The number of nitrogens with one attached hydrogen (secondary N) is 1. The van der Waals surface area contributed by atoms with Gasteiger partial charge in [0.2, 0.25) is 5.89 Å². The predicted molar refractivity (Wildman–Crippen MR) is 49.9 cm³/mol. The molecule has 78 valence electrons. The highest BCUT2D eigenvalue weighted by Crippen LogP contribution is 2.20. The highest BCUT2D eigenvalue weighted by atomic mass is 16.5. The van der Waals surface area contributed by atoms with Gasteiger partial charge in [-0.15, -0.1) is 0 Å². The van der Waals surface area contributed by atoms with Gasteiger partial charge in [-0.05, 0) is 19.4 Å². The minimum Gasteiger partial charge on any atom is -0.384 e. The standard InChI is InChI=1S/C9H15N3O2/c1-13-6-4-8-11-9(14-12-8)7-3-2-5-10-7/h7,10H,2-6H2,1H3/t7-/m1/s1. The molecule has 0 amide bonds. The number of hydrogen-bond acceptors (Lipinski definition) is 5. The minimum absolute atomic E-state index is 0.263. The van der Waals surface area contributed by atoms with E-state index >= 15 is 0 Å². The van der Waals surface area contributed by atoms with Gasteiger partial charge >= 0.3 is 0 Å². The van der Waals surface area contributed by atoms with Crippen LogP contribution in [0.3, 0.4) is 0 Å². The molecule has 1 fully saturated rings. The topological polar surface area (TPSA) is 60.2 Å². The van der Waals surface area contributed by atoms with Crippen LogP contribution >= 0.6 is 0 Å². The van der Waals surface area contributed by atoms with Crippen LogP contribution in [0.15, 0.2) is 4.52 Å². The second-order valence-electron chi connectivity index (χ2n) is 3.44. The average Bonchev–Trinajstić information content (AvgIpc) is 2.85. The molecule has 0 bridgehead atoms. The number of rotatable bonds is 4. The lowest BCUT2D eigenvalue weighted by Crippen LogP contribution is -2.13. The molecule has 0 spiro atoms. The van der Waals surface area contributed by atoms with Crippen LogP contribution in [0.1, 0.15) is 30.6 Å². The fourth-order valence-corrected chi connectivity index (χ4v) is 1.60. The zero-order valence-corrected chi connectivity index (χ0v) is 8.32. The molecule has 5 nitrogen and oxygen atoms in total. The number of nitrogens with zero attached hydrogens (tertiary/aromatic N) is 2. The quantitative estimate of drug-likeness (QED) is 0.769. The van der Waals surface area contributed by atoms with Crippen molar-refractivity contribution < 1.29 is 9.26 Å². The van der Waals surface area contributed by atoms with Crippen molar-refractivity contribution in [3.05, 3.63) is 11.7 Å². The van der Waals surface area contributed by atoms with Gasteiger partial charge in [0, 0.05) is 13.5 Å². The molecule has 0 aliphatic carbocycles. The van der Waals surface area contributed by atoms with Gasteiger partial charge in [-0.3, -0.25) is 0 Å². The second-order valence-corrected chi connectivity index (χ2v) is 3.44. The molecule has 0 unspecified atom stereocenters. The first-order valence-electron chi connectivity index (χ1n) is 4.95. The molecule has 14 heavy (non-hydrogen) atoms. The maximum Gasteiger partial charge on any atom is 0.243 e. The van der Waals surface area contributed by atoms with Crippen molar-refractivity contribution in [2.45, 2.75) is 25.3 Å². The molecule has 1 aliphatic rings. The number of methoxy groups -OCH3 is 1. The maximum absolute atomic E-state index is 5.17. The molecule has 1 aromatic heterocycles. The van der Waals surface area contributed by atoms with E-state index in [2.05, 4.69) is 15.5 Å². The van der Waals surface area contributed by atoms with Gasteiger partial charge in [-0.25, -0.2) is 0 Å². The Hall–Kier alpha value is -0.940. The van der Waals surface area contributed by atoms with Gasteiger partial charge in [-0.2, -0.15) is 4.98 Å². The van der Waals surface area contributed by atoms with Gasteiger partial charge in [-0.1, -0.05) is 5.16 Å². The van der Waals surface area contributed by atoms with E-state index in [9.17, 15) is 0 Å². The van der Waals surface area contributed by atoms with Crippen LogP contribution in [0.4, 0.5) is 0 Å². The molecule has 1 atom stereocenters. The Morgan fingerprint density at radius 1 is 1.64 bits per heavy atom. The predicted octanol–water partition coefficient (Wildman–Crippen LogP) is 0.683. The summed E-state index contributed by atoms with van der Waals surface area (Å²) in [6.07, 6.45) is 2.99. The molecule has 1 saturated heterocycles. The Kier molecular flexibility index (Phi) is 3.10. The van der Waals surface area contributed by atoms with Crippen molar-refractivity contribution in [3.63, 3.8) is 0 Å². The SMILES string of the molecule is COCCc1noc([C@H]2CCCN2)n1. The highest BCUT2D eigenvalue weighted by molar-refractivity contribution is 4.95. The van der Waals surface area contributed by atoms with E-state index < -0.39 is 0 Å². The monoisotopic (exact) mass is 197 g/mol. The van der Waals surface area contributed by atoms with E-state index in [1.807, 2.05) is 0 Å². The smallest absolute Gasteiger partial charge is 0.243 e. The Morgan fingerprint density at radius 3 is 3.29 bits per heavy atom. The molecule has 1 aliphatic heterocycles.